The number of hydrogen-bond donors (Lipinski definition) is 0. The van der Waals surface area contributed by atoms with Crippen molar-refractivity contribution >= 4 is 11.7 Å². The molecule has 0 N–H and O–H groups in total. The van der Waals surface area contributed by atoms with Crippen LogP contribution in [0, 0.1) is 0 Å². The van der Waals surface area contributed by atoms with Gasteiger partial charge in [0.05, 0.1) is 31.1 Å². The zero-order valence-corrected chi connectivity index (χ0v) is 13.4. The number of morpholine rings is 1. The van der Waals surface area contributed by atoms with E-state index >= 15 is 0 Å². The first-order valence-electron chi connectivity index (χ1n) is 7.67. The molecular formula is C15H23N5O2. The van der Waals surface area contributed by atoms with Crippen molar-refractivity contribution in [2.24, 2.45) is 0 Å². The Bertz CT molecular complexity index is 533. The molecule has 2 unspecified atom stereocenters. The molecule has 7 heteroatoms. The zero-order chi connectivity index (χ0) is 15.7. The Morgan fingerprint density at radius 1 is 1.32 bits per heavy atom. The summed E-state index contributed by atoms with van der Waals surface area (Å²) >= 11 is 0. The molecule has 2 fully saturated rings. The molecule has 1 aromatic rings. The Morgan fingerprint density at radius 2 is 2.14 bits per heavy atom. The third-order valence-electron chi connectivity index (χ3n) is 4.36. The highest BCUT2D eigenvalue weighted by molar-refractivity contribution is 5.92. The van der Waals surface area contributed by atoms with Gasteiger partial charge in [0.1, 0.15) is 11.5 Å². The second-order valence-corrected chi connectivity index (χ2v) is 6.18. The van der Waals surface area contributed by atoms with Crippen LogP contribution in [0.3, 0.4) is 0 Å². The Labute approximate surface area is 130 Å². The van der Waals surface area contributed by atoms with Crippen LogP contribution >= 0.6 is 0 Å². The second-order valence-electron chi connectivity index (χ2n) is 6.18. The lowest BCUT2D eigenvalue weighted by atomic mass is 9.99. The van der Waals surface area contributed by atoms with Gasteiger partial charge in [-0.15, -0.1) is 0 Å². The maximum absolute atomic E-state index is 12.8. The number of fused-ring (bicyclic) bond motifs is 1. The number of rotatable bonds is 2. The zero-order valence-electron chi connectivity index (χ0n) is 13.4. The van der Waals surface area contributed by atoms with Gasteiger partial charge < -0.3 is 19.4 Å². The Balaban J connectivity index is 1.77. The number of ether oxygens (including phenoxy) is 1. The summed E-state index contributed by atoms with van der Waals surface area (Å²) in [6, 6.07) is 0.107. The van der Waals surface area contributed by atoms with Crippen LogP contribution < -0.4 is 4.90 Å². The maximum Gasteiger partial charge on any atom is 0.274 e. The lowest BCUT2D eigenvalue weighted by Crippen LogP contribution is -2.60. The molecule has 7 nitrogen and oxygen atoms in total. The molecule has 0 saturated carbocycles. The fourth-order valence-electron chi connectivity index (χ4n) is 3.09. The maximum atomic E-state index is 12.8. The molecule has 0 aromatic carbocycles. The Hall–Kier alpha value is -1.73. The van der Waals surface area contributed by atoms with E-state index < -0.39 is 0 Å². The first-order chi connectivity index (χ1) is 10.6. The molecule has 2 atom stereocenters. The van der Waals surface area contributed by atoms with Crippen LogP contribution in [0.25, 0.3) is 0 Å². The van der Waals surface area contributed by atoms with Gasteiger partial charge in [-0.25, -0.2) is 9.97 Å². The average Bonchev–Trinajstić information content (AvgIpc) is 2.53. The van der Waals surface area contributed by atoms with Gasteiger partial charge >= 0.3 is 0 Å². The Morgan fingerprint density at radius 3 is 2.82 bits per heavy atom. The number of likely N-dealkylation sites (tertiary alicyclic amines) is 1. The van der Waals surface area contributed by atoms with Crippen molar-refractivity contribution in [2.45, 2.75) is 18.6 Å². The van der Waals surface area contributed by atoms with Crippen LogP contribution in [0.1, 0.15) is 16.9 Å². The van der Waals surface area contributed by atoms with Crippen LogP contribution in [-0.4, -0.2) is 85.2 Å². The smallest absolute Gasteiger partial charge is 0.274 e. The van der Waals surface area contributed by atoms with E-state index in [9.17, 15) is 4.79 Å². The molecule has 1 amide bonds. The van der Waals surface area contributed by atoms with Gasteiger partial charge in [0.2, 0.25) is 0 Å². The van der Waals surface area contributed by atoms with Crippen LogP contribution in [0.5, 0.6) is 0 Å². The summed E-state index contributed by atoms with van der Waals surface area (Å²) in [6.45, 7) is 3.07. The van der Waals surface area contributed by atoms with Crippen molar-refractivity contribution in [3.8, 4) is 0 Å². The highest BCUT2D eigenvalue weighted by atomic mass is 16.5. The summed E-state index contributed by atoms with van der Waals surface area (Å²) < 4.78 is 5.83. The van der Waals surface area contributed by atoms with Gasteiger partial charge in [-0.1, -0.05) is 0 Å². The van der Waals surface area contributed by atoms with Gasteiger partial charge in [0.25, 0.3) is 5.91 Å². The van der Waals surface area contributed by atoms with Crippen LogP contribution in [0.4, 0.5) is 5.82 Å². The number of likely N-dealkylation sites (N-methyl/N-ethyl adjacent to an activating group) is 1. The quantitative estimate of drug-likeness (QED) is 0.771. The highest BCUT2D eigenvalue weighted by Gasteiger charge is 2.39. The molecule has 0 aliphatic carbocycles. The summed E-state index contributed by atoms with van der Waals surface area (Å²) in [4.78, 5) is 27.4. The van der Waals surface area contributed by atoms with E-state index in [1.165, 1.54) is 0 Å². The molecule has 120 valence electrons. The molecule has 3 heterocycles. The summed E-state index contributed by atoms with van der Waals surface area (Å²) in [5.41, 5.74) is 0.402. The summed E-state index contributed by atoms with van der Waals surface area (Å²) in [6.07, 6.45) is 4.31. The standard InChI is InChI=1S/C15H23N5O2/c1-18(2)14-9-16-11(8-17-14)15(21)20-6-7-22-13-4-5-19(3)10-12(13)20/h8-9,12-13H,4-7,10H2,1-3H3. The lowest BCUT2D eigenvalue weighted by Gasteiger charge is -2.46. The summed E-state index contributed by atoms with van der Waals surface area (Å²) in [5, 5.41) is 0. The van der Waals surface area contributed by atoms with Crippen LogP contribution in [-0.2, 0) is 4.74 Å². The molecule has 2 aliphatic heterocycles. The number of hydrogen-bond acceptors (Lipinski definition) is 6. The number of carbonyl (C=O) groups excluding carboxylic acids is 1. The number of amides is 1. The number of carbonyl (C=O) groups is 1. The van der Waals surface area contributed by atoms with Crippen molar-refractivity contribution in [3.05, 3.63) is 18.1 Å². The predicted molar refractivity (Wildman–Crippen MR) is 83.0 cm³/mol. The van der Waals surface area contributed by atoms with Gasteiger partial charge in [0, 0.05) is 33.7 Å². The van der Waals surface area contributed by atoms with Crippen LogP contribution in [0.2, 0.25) is 0 Å². The van der Waals surface area contributed by atoms with Gasteiger partial charge in [-0.2, -0.15) is 0 Å². The Kier molecular flexibility index (Phi) is 4.26. The fourth-order valence-corrected chi connectivity index (χ4v) is 3.09. The minimum absolute atomic E-state index is 0.0496. The van der Waals surface area contributed by atoms with Gasteiger partial charge in [0.15, 0.2) is 0 Å². The van der Waals surface area contributed by atoms with Crippen LogP contribution in [0.15, 0.2) is 12.4 Å². The van der Waals surface area contributed by atoms with Crippen molar-refractivity contribution < 1.29 is 9.53 Å². The molecule has 0 radical (unpaired) electrons. The second kappa shape index (κ2) is 6.18. The SMILES string of the molecule is CN1CCC2OCCN(C(=O)c3cnc(N(C)C)cn3)C2C1. The van der Waals surface area contributed by atoms with E-state index in [1.54, 1.807) is 12.4 Å². The molecule has 2 aliphatic rings. The lowest BCUT2D eigenvalue weighted by molar-refractivity contribution is -0.0871. The average molecular weight is 305 g/mol. The highest BCUT2D eigenvalue weighted by Crippen LogP contribution is 2.23. The first-order valence-corrected chi connectivity index (χ1v) is 7.67. The monoisotopic (exact) mass is 305 g/mol. The molecule has 2 saturated heterocycles. The first kappa shape index (κ1) is 15.2. The van der Waals surface area contributed by atoms with E-state index in [2.05, 4.69) is 21.9 Å². The van der Waals surface area contributed by atoms with E-state index in [0.29, 0.717) is 18.8 Å². The number of aromatic nitrogens is 2. The molecule has 1 aromatic heterocycles. The van der Waals surface area contributed by atoms with Crippen molar-refractivity contribution in [3.63, 3.8) is 0 Å². The largest absolute Gasteiger partial charge is 0.374 e. The third kappa shape index (κ3) is 2.91. The molecular weight excluding hydrogens is 282 g/mol. The minimum atomic E-state index is -0.0496. The number of anilines is 1. The number of nitrogens with zero attached hydrogens (tertiary/aromatic N) is 5. The number of piperidine rings is 1. The summed E-state index contributed by atoms with van der Waals surface area (Å²) in [5.74, 6) is 0.695. The van der Waals surface area contributed by atoms with Crippen molar-refractivity contribution in [1.82, 2.24) is 19.8 Å². The van der Waals surface area contributed by atoms with Crippen molar-refractivity contribution in [1.29, 1.82) is 0 Å². The minimum Gasteiger partial charge on any atom is -0.374 e. The molecule has 3 rings (SSSR count). The van der Waals surface area contributed by atoms with E-state index in [-0.39, 0.29) is 18.1 Å². The normalized spacial score (nSPS) is 25.7. The predicted octanol–water partition coefficient (Wildman–Crippen LogP) is 0.0877. The molecule has 22 heavy (non-hydrogen) atoms. The van der Waals surface area contributed by atoms with E-state index in [4.69, 9.17) is 4.74 Å². The van der Waals surface area contributed by atoms with Crippen molar-refractivity contribution in [2.75, 3.05) is 52.3 Å². The van der Waals surface area contributed by atoms with E-state index in [0.717, 1.165) is 25.3 Å². The summed E-state index contributed by atoms with van der Waals surface area (Å²) in [7, 11) is 5.88. The van der Waals surface area contributed by atoms with E-state index in [1.807, 2.05) is 23.9 Å². The van der Waals surface area contributed by atoms with Gasteiger partial charge in [-0.3, -0.25) is 4.79 Å². The topological polar surface area (TPSA) is 61.8 Å². The third-order valence-corrected chi connectivity index (χ3v) is 4.36. The molecule has 0 bridgehead atoms. The molecule has 0 spiro atoms. The van der Waals surface area contributed by atoms with Gasteiger partial charge in [-0.05, 0) is 13.5 Å². The fraction of sp³-hybridized carbons (Fsp3) is 0.667.